The predicted octanol–water partition coefficient (Wildman–Crippen LogP) is 1.27. The second-order valence-corrected chi connectivity index (χ2v) is 4.69. The summed E-state index contributed by atoms with van der Waals surface area (Å²) in [7, 11) is 0. The van der Waals surface area contributed by atoms with Gasteiger partial charge in [-0.15, -0.1) is 0 Å². The lowest BCUT2D eigenvalue weighted by Crippen LogP contribution is -2.19. The zero-order chi connectivity index (χ0) is 15.3. The number of benzene rings is 1. The van der Waals surface area contributed by atoms with Crippen molar-refractivity contribution in [3.05, 3.63) is 33.9 Å². The number of aliphatic hydroxyl groups excluding tert-OH is 2. The Kier molecular flexibility index (Phi) is 5.93. The van der Waals surface area contributed by atoms with Crippen LogP contribution >= 0.6 is 12.6 Å². The molecule has 0 aliphatic rings. The average molecular weight is 300 g/mol. The third-order valence-corrected chi connectivity index (χ3v) is 2.92. The van der Waals surface area contributed by atoms with Gasteiger partial charge in [-0.3, -0.25) is 14.9 Å². The van der Waals surface area contributed by atoms with Crippen molar-refractivity contribution in [1.82, 2.24) is 0 Å². The molecule has 1 aromatic carbocycles. The minimum Gasteiger partial charge on any atom is -0.390 e. The van der Waals surface area contributed by atoms with Crippen molar-refractivity contribution in [3.63, 3.8) is 0 Å². The summed E-state index contributed by atoms with van der Waals surface area (Å²) >= 11 is 3.95. The van der Waals surface area contributed by atoms with E-state index in [1.807, 2.05) is 0 Å². The molecule has 2 atom stereocenters. The number of hydrogen-bond donors (Lipinski definition) is 4. The van der Waals surface area contributed by atoms with Gasteiger partial charge in [0.05, 0.1) is 11.0 Å². The molecule has 0 saturated carbocycles. The van der Waals surface area contributed by atoms with Crippen LogP contribution in [0, 0.1) is 10.1 Å². The number of anilines is 1. The van der Waals surface area contributed by atoms with Gasteiger partial charge in [-0.2, -0.15) is 12.6 Å². The first-order valence-electron chi connectivity index (χ1n) is 5.89. The summed E-state index contributed by atoms with van der Waals surface area (Å²) in [6.45, 7) is 1.24. The van der Waals surface area contributed by atoms with Gasteiger partial charge >= 0.3 is 0 Å². The Labute approximate surface area is 121 Å². The van der Waals surface area contributed by atoms with E-state index in [-0.39, 0.29) is 23.4 Å². The van der Waals surface area contributed by atoms with Crippen LogP contribution in [0.3, 0.4) is 0 Å². The van der Waals surface area contributed by atoms with E-state index in [0.717, 1.165) is 6.07 Å². The minimum absolute atomic E-state index is 0.0436. The van der Waals surface area contributed by atoms with Crippen LogP contribution in [0.15, 0.2) is 18.2 Å². The Morgan fingerprint density at radius 1 is 1.50 bits per heavy atom. The maximum absolute atomic E-state index is 11.0. The van der Waals surface area contributed by atoms with Gasteiger partial charge < -0.3 is 15.5 Å². The van der Waals surface area contributed by atoms with E-state index in [4.69, 9.17) is 0 Å². The number of carbonyl (C=O) groups is 1. The molecule has 8 heteroatoms. The Morgan fingerprint density at radius 3 is 2.65 bits per heavy atom. The maximum Gasteiger partial charge on any atom is 0.293 e. The number of nitro benzene ring substituents is 1. The third-order valence-electron chi connectivity index (χ3n) is 2.66. The predicted molar refractivity (Wildman–Crippen MR) is 76.8 cm³/mol. The summed E-state index contributed by atoms with van der Waals surface area (Å²) in [4.78, 5) is 21.3. The molecule has 0 aliphatic heterocycles. The molecule has 0 heterocycles. The highest BCUT2D eigenvalue weighted by molar-refractivity contribution is 7.80. The fourth-order valence-corrected chi connectivity index (χ4v) is 1.96. The van der Waals surface area contributed by atoms with Crippen molar-refractivity contribution in [1.29, 1.82) is 0 Å². The molecule has 0 bridgehead atoms. The molecule has 20 heavy (non-hydrogen) atoms. The summed E-state index contributed by atoms with van der Waals surface area (Å²) < 4.78 is 0. The van der Waals surface area contributed by atoms with E-state index in [2.05, 4.69) is 17.9 Å². The molecule has 1 amide bonds. The van der Waals surface area contributed by atoms with Gasteiger partial charge in [-0.25, -0.2) is 0 Å². The van der Waals surface area contributed by atoms with Crippen molar-refractivity contribution < 1.29 is 19.9 Å². The van der Waals surface area contributed by atoms with Crippen LogP contribution in [-0.2, 0) is 4.79 Å². The van der Waals surface area contributed by atoms with Gasteiger partial charge in [0.25, 0.3) is 5.69 Å². The van der Waals surface area contributed by atoms with Crippen LogP contribution in [0.25, 0.3) is 0 Å². The SMILES string of the molecule is CC(=O)Nc1ccc(C(O)C(O)CCS)cc1[N+](=O)[O-]. The lowest BCUT2D eigenvalue weighted by atomic mass is 10.0. The molecule has 0 radical (unpaired) electrons. The highest BCUT2D eigenvalue weighted by Crippen LogP contribution is 2.29. The van der Waals surface area contributed by atoms with E-state index < -0.39 is 23.0 Å². The van der Waals surface area contributed by atoms with E-state index in [1.165, 1.54) is 19.1 Å². The van der Waals surface area contributed by atoms with E-state index in [1.54, 1.807) is 0 Å². The number of aliphatic hydroxyl groups is 2. The van der Waals surface area contributed by atoms with E-state index in [9.17, 15) is 25.1 Å². The summed E-state index contributed by atoms with van der Waals surface area (Å²) in [5.41, 5.74) is -0.0861. The average Bonchev–Trinajstić information content (AvgIpc) is 2.37. The van der Waals surface area contributed by atoms with Crippen LogP contribution in [-0.4, -0.2) is 32.9 Å². The molecule has 110 valence electrons. The van der Waals surface area contributed by atoms with Crippen LogP contribution in [0.5, 0.6) is 0 Å². The first kappa shape index (κ1) is 16.4. The maximum atomic E-state index is 11.0. The van der Waals surface area contributed by atoms with Crippen LogP contribution in [0.4, 0.5) is 11.4 Å². The molecule has 0 saturated heterocycles. The lowest BCUT2D eigenvalue weighted by molar-refractivity contribution is -0.384. The van der Waals surface area contributed by atoms with Crippen molar-refractivity contribution in [2.24, 2.45) is 0 Å². The summed E-state index contributed by atoms with van der Waals surface area (Å²) in [5, 5.41) is 32.9. The standard InChI is InChI=1S/C12H16N2O5S/c1-7(15)13-9-3-2-8(6-10(9)14(18)19)12(17)11(16)4-5-20/h2-3,6,11-12,16-17,20H,4-5H2,1H3,(H,13,15). The molecule has 1 rings (SSSR count). The van der Waals surface area contributed by atoms with E-state index >= 15 is 0 Å². The van der Waals surface area contributed by atoms with Gasteiger partial charge in [0.1, 0.15) is 11.8 Å². The zero-order valence-electron chi connectivity index (χ0n) is 10.8. The van der Waals surface area contributed by atoms with Gasteiger partial charge in [-0.05, 0) is 23.8 Å². The largest absolute Gasteiger partial charge is 0.390 e. The fraction of sp³-hybridized carbons (Fsp3) is 0.417. The van der Waals surface area contributed by atoms with Gasteiger partial charge in [-0.1, -0.05) is 6.07 Å². The van der Waals surface area contributed by atoms with Gasteiger partial charge in [0.2, 0.25) is 5.91 Å². The number of nitro groups is 1. The first-order valence-corrected chi connectivity index (χ1v) is 6.53. The first-order chi connectivity index (χ1) is 9.36. The number of thiol groups is 1. The Morgan fingerprint density at radius 2 is 2.15 bits per heavy atom. The molecule has 0 fully saturated rings. The second-order valence-electron chi connectivity index (χ2n) is 4.24. The highest BCUT2D eigenvalue weighted by Gasteiger charge is 2.22. The van der Waals surface area contributed by atoms with Crippen LogP contribution in [0.1, 0.15) is 25.0 Å². The smallest absolute Gasteiger partial charge is 0.293 e. The molecule has 0 aliphatic carbocycles. The third kappa shape index (κ3) is 4.19. The lowest BCUT2D eigenvalue weighted by Gasteiger charge is -2.17. The number of nitrogens with one attached hydrogen (secondary N) is 1. The topological polar surface area (TPSA) is 113 Å². The van der Waals surface area contributed by atoms with Crippen molar-refractivity contribution in [2.45, 2.75) is 25.6 Å². The molecule has 7 nitrogen and oxygen atoms in total. The molecule has 2 unspecified atom stereocenters. The number of carbonyl (C=O) groups excluding carboxylic acids is 1. The van der Waals surface area contributed by atoms with Gasteiger partial charge in [0.15, 0.2) is 0 Å². The minimum atomic E-state index is -1.24. The molecular formula is C12H16N2O5S. The summed E-state index contributed by atoms with van der Waals surface area (Å²) in [6.07, 6.45) is -2.04. The number of nitrogens with zero attached hydrogens (tertiary/aromatic N) is 1. The van der Waals surface area contributed by atoms with Crippen LogP contribution in [0.2, 0.25) is 0 Å². The van der Waals surface area contributed by atoms with Crippen LogP contribution < -0.4 is 5.32 Å². The molecule has 1 aromatic rings. The Hall–Kier alpha value is -1.64. The molecule has 0 aromatic heterocycles. The number of rotatable bonds is 6. The fourth-order valence-electron chi connectivity index (χ4n) is 1.69. The second kappa shape index (κ2) is 7.22. The Balaban J connectivity index is 3.09. The number of hydrogen-bond acceptors (Lipinski definition) is 6. The molecule has 0 spiro atoms. The molecule has 3 N–H and O–H groups in total. The zero-order valence-corrected chi connectivity index (χ0v) is 11.7. The summed E-state index contributed by atoms with van der Waals surface area (Å²) in [5.74, 6) is -0.0545. The molecular weight excluding hydrogens is 284 g/mol. The van der Waals surface area contributed by atoms with Crippen molar-refractivity contribution in [3.8, 4) is 0 Å². The number of amides is 1. The van der Waals surface area contributed by atoms with E-state index in [0.29, 0.717) is 5.75 Å². The highest BCUT2D eigenvalue weighted by atomic mass is 32.1. The monoisotopic (exact) mass is 300 g/mol. The van der Waals surface area contributed by atoms with Gasteiger partial charge in [0, 0.05) is 13.0 Å². The normalized spacial score (nSPS) is 13.6. The van der Waals surface area contributed by atoms with Crippen molar-refractivity contribution >= 4 is 29.9 Å². The Bertz CT molecular complexity index is 509. The quantitative estimate of drug-likeness (QED) is 0.359. The van der Waals surface area contributed by atoms with Crippen molar-refractivity contribution in [2.75, 3.05) is 11.1 Å². The summed E-state index contributed by atoms with van der Waals surface area (Å²) in [6, 6.07) is 3.88.